The van der Waals surface area contributed by atoms with Crippen LogP contribution in [0.25, 0.3) is 0 Å². The number of amides is 1. The molecule has 0 unspecified atom stereocenters. The van der Waals surface area contributed by atoms with Gasteiger partial charge in [0.2, 0.25) is 5.91 Å². The number of carboxylic acid groups (broad SMARTS) is 1. The molecule has 5 nitrogen and oxygen atoms in total. The number of hydrogen-bond donors (Lipinski definition) is 1. The van der Waals surface area contributed by atoms with Gasteiger partial charge in [0.25, 0.3) is 0 Å². The van der Waals surface area contributed by atoms with Crippen LogP contribution in [0.4, 0.5) is 0 Å². The van der Waals surface area contributed by atoms with Crippen LogP contribution in [0.2, 0.25) is 0 Å². The van der Waals surface area contributed by atoms with Crippen LogP contribution in [0.5, 0.6) is 0 Å². The van der Waals surface area contributed by atoms with Gasteiger partial charge in [0.15, 0.2) is 0 Å². The van der Waals surface area contributed by atoms with Crippen LogP contribution in [-0.2, 0) is 14.3 Å². The highest BCUT2D eigenvalue weighted by molar-refractivity contribution is 5.84. The van der Waals surface area contributed by atoms with Gasteiger partial charge in [-0.15, -0.1) is 6.58 Å². The van der Waals surface area contributed by atoms with Gasteiger partial charge in [-0.05, 0) is 12.8 Å². The van der Waals surface area contributed by atoms with Crippen LogP contribution in [0.3, 0.4) is 0 Å². The minimum Gasteiger partial charge on any atom is -0.480 e. The van der Waals surface area contributed by atoms with Crippen LogP contribution in [0, 0.1) is 0 Å². The first-order valence-electron chi connectivity index (χ1n) is 4.87. The quantitative estimate of drug-likeness (QED) is 0.525. The molecule has 0 bridgehead atoms. The average molecular weight is 213 g/mol. The minimum absolute atomic E-state index is 0.0736. The third-order valence-electron chi connectivity index (χ3n) is 2.32. The molecule has 1 rings (SSSR count). The van der Waals surface area contributed by atoms with Gasteiger partial charge < -0.3 is 14.7 Å². The number of nitrogens with zero attached hydrogens (tertiary/aromatic N) is 1. The van der Waals surface area contributed by atoms with Gasteiger partial charge >= 0.3 is 5.97 Å². The van der Waals surface area contributed by atoms with E-state index in [2.05, 4.69) is 6.58 Å². The molecule has 0 aliphatic carbocycles. The standard InChI is InChI=1S/C10H15NO4/c1-2-6-15-7-9(12)11-5-3-4-8(11)10(13)14/h2,8H,1,3-7H2,(H,13,14)/t8-/m1/s1. The molecule has 1 aliphatic rings. The third kappa shape index (κ3) is 3.06. The second kappa shape index (κ2) is 5.50. The maximum absolute atomic E-state index is 11.5. The van der Waals surface area contributed by atoms with Crippen molar-refractivity contribution in [2.24, 2.45) is 0 Å². The number of aliphatic carboxylic acids is 1. The summed E-state index contributed by atoms with van der Waals surface area (Å²) in [5, 5.41) is 8.85. The van der Waals surface area contributed by atoms with E-state index in [1.165, 1.54) is 4.90 Å². The molecule has 0 aromatic rings. The Hall–Kier alpha value is -1.36. The molecular weight excluding hydrogens is 198 g/mol. The van der Waals surface area contributed by atoms with Crippen molar-refractivity contribution in [1.82, 2.24) is 4.90 Å². The molecule has 1 aliphatic heterocycles. The molecule has 15 heavy (non-hydrogen) atoms. The van der Waals surface area contributed by atoms with Gasteiger partial charge in [-0.1, -0.05) is 6.08 Å². The maximum Gasteiger partial charge on any atom is 0.326 e. The topological polar surface area (TPSA) is 66.8 Å². The van der Waals surface area contributed by atoms with Gasteiger partial charge in [-0.3, -0.25) is 4.79 Å². The maximum atomic E-state index is 11.5. The zero-order valence-corrected chi connectivity index (χ0v) is 8.52. The van der Waals surface area contributed by atoms with E-state index in [-0.39, 0.29) is 12.5 Å². The van der Waals surface area contributed by atoms with Crippen molar-refractivity contribution in [2.45, 2.75) is 18.9 Å². The number of carbonyl (C=O) groups excluding carboxylic acids is 1. The van der Waals surface area contributed by atoms with Crippen LogP contribution < -0.4 is 0 Å². The summed E-state index contributed by atoms with van der Waals surface area (Å²) in [5.41, 5.74) is 0. The van der Waals surface area contributed by atoms with Gasteiger partial charge in [-0.2, -0.15) is 0 Å². The molecule has 0 aromatic carbocycles. The largest absolute Gasteiger partial charge is 0.480 e. The Morgan fingerprint density at radius 3 is 2.93 bits per heavy atom. The number of rotatable bonds is 5. The Morgan fingerprint density at radius 2 is 2.33 bits per heavy atom. The molecule has 0 radical (unpaired) electrons. The smallest absolute Gasteiger partial charge is 0.326 e. The summed E-state index contributed by atoms with van der Waals surface area (Å²) < 4.78 is 4.98. The lowest BCUT2D eigenvalue weighted by molar-refractivity contribution is -0.149. The van der Waals surface area contributed by atoms with E-state index in [0.717, 1.165) is 6.42 Å². The van der Waals surface area contributed by atoms with Crippen molar-refractivity contribution in [1.29, 1.82) is 0 Å². The minimum atomic E-state index is -0.940. The van der Waals surface area contributed by atoms with E-state index in [4.69, 9.17) is 9.84 Å². The van der Waals surface area contributed by atoms with Crippen molar-refractivity contribution in [2.75, 3.05) is 19.8 Å². The second-order valence-corrected chi connectivity index (χ2v) is 3.39. The van der Waals surface area contributed by atoms with Crippen molar-refractivity contribution in [3.63, 3.8) is 0 Å². The van der Waals surface area contributed by atoms with E-state index >= 15 is 0 Å². The van der Waals surface area contributed by atoms with Crippen LogP contribution in [0.1, 0.15) is 12.8 Å². The highest BCUT2D eigenvalue weighted by atomic mass is 16.5. The predicted molar refractivity (Wildman–Crippen MR) is 53.4 cm³/mol. The molecule has 84 valence electrons. The first kappa shape index (κ1) is 11.7. The number of likely N-dealkylation sites (tertiary alicyclic amines) is 1. The number of ether oxygens (including phenoxy) is 1. The molecule has 1 fully saturated rings. The summed E-state index contributed by atoms with van der Waals surface area (Å²) in [4.78, 5) is 23.7. The van der Waals surface area contributed by atoms with Gasteiger partial charge in [0.1, 0.15) is 12.6 Å². The van der Waals surface area contributed by atoms with Gasteiger partial charge in [-0.25, -0.2) is 4.79 Å². The predicted octanol–water partition coefficient (Wildman–Crippen LogP) is 0.265. The molecule has 1 heterocycles. The van der Waals surface area contributed by atoms with E-state index in [0.29, 0.717) is 19.6 Å². The number of carboxylic acids is 1. The summed E-state index contributed by atoms with van der Waals surface area (Å²) >= 11 is 0. The first-order valence-corrected chi connectivity index (χ1v) is 4.87. The van der Waals surface area contributed by atoms with Crippen LogP contribution >= 0.6 is 0 Å². The summed E-state index contributed by atoms with van der Waals surface area (Å²) in [6.07, 6.45) is 2.82. The molecule has 1 atom stereocenters. The SMILES string of the molecule is C=CCOCC(=O)N1CCC[C@@H]1C(=O)O. The van der Waals surface area contributed by atoms with Gasteiger partial charge in [0, 0.05) is 6.54 Å². The number of carbonyl (C=O) groups is 2. The lowest BCUT2D eigenvalue weighted by Crippen LogP contribution is -2.42. The Morgan fingerprint density at radius 1 is 1.60 bits per heavy atom. The summed E-state index contributed by atoms with van der Waals surface area (Å²) in [6, 6.07) is -0.676. The average Bonchev–Trinajstić information content (AvgIpc) is 2.66. The Balaban J connectivity index is 2.43. The highest BCUT2D eigenvalue weighted by Gasteiger charge is 2.33. The third-order valence-corrected chi connectivity index (χ3v) is 2.32. The van der Waals surface area contributed by atoms with Crippen molar-refractivity contribution < 1.29 is 19.4 Å². The molecule has 5 heteroatoms. The lowest BCUT2D eigenvalue weighted by atomic mass is 10.2. The van der Waals surface area contributed by atoms with E-state index < -0.39 is 12.0 Å². The Kier molecular flexibility index (Phi) is 4.30. The van der Waals surface area contributed by atoms with Crippen LogP contribution in [0.15, 0.2) is 12.7 Å². The molecule has 1 saturated heterocycles. The molecule has 1 N–H and O–H groups in total. The van der Waals surface area contributed by atoms with Crippen molar-refractivity contribution >= 4 is 11.9 Å². The number of hydrogen-bond acceptors (Lipinski definition) is 3. The lowest BCUT2D eigenvalue weighted by Gasteiger charge is -2.20. The molecule has 0 saturated carbocycles. The zero-order valence-electron chi connectivity index (χ0n) is 8.52. The second-order valence-electron chi connectivity index (χ2n) is 3.39. The molecule has 1 amide bonds. The summed E-state index contributed by atoms with van der Waals surface area (Å²) in [7, 11) is 0. The fourth-order valence-corrected chi connectivity index (χ4v) is 1.63. The van der Waals surface area contributed by atoms with Crippen molar-refractivity contribution in [3.05, 3.63) is 12.7 Å². The normalized spacial score (nSPS) is 20.3. The fraction of sp³-hybridized carbons (Fsp3) is 0.600. The molecule has 0 spiro atoms. The monoisotopic (exact) mass is 213 g/mol. The van der Waals surface area contributed by atoms with Gasteiger partial charge in [0.05, 0.1) is 6.61 Å². The van der Waals surface area contributed by atoms with E-state index in [1.54, 1.807) is 6.08 Å². The summed E-state index contributed by atoms with van der Waals surface area (Å²) in [6.45, 7) is 4.19. The van der Waals surface area contributed by atoms with Crippen molar-refractivity contribution in [3.8, 4) is 0 Å². The van der Waals surface area contributed by atoms with Crippen LogP contribution in [-0.4, -0.2) is 47.7 Å². The molecule has 0 aromatic heterocycles. The first-order chi connectivity index (χ1) is 7.16. The molecular formula is C10H15NO4. The summed E-state index contributed by atoms with van der Waals surface area (Å²) in [5.74, 6) is -1.20. The fourth-order valence-electron chi connectivity index (χ4n) is 1.63. The van der Waals surface area contributed by atoms with E-state index in [1.807, 2.05) is 0 Å². The van der Waals surface area contributed by atoms with E-state index in [9.17, 15) is 9.59 Å². The Labute approximate surface area is 88.3 Å². The zero-order chi connectivity index (χ0) is 11.3. The highest BCUT2D eigenvalue weighted by Crippen LogP contribution is 2.17. The Bertz CT molecular complexity index is 264.